The lowest BCUT2D eigenvalue weighted by atomic mass is 10.1. The summed E-state index contributed by atoms with van der Waals surface area (Å²) in [6.45, 7) is 1.13. The molecule has 1 fully saturated rings. The second-order valence-electron chi connectivity index (χ2n) is 7.34. The van der Waals surface area contributed by atoms with Crippen LogP contribution < -0.4 is 5.69 Å². The summed E-state index contributed by atoms with van der Waals surface area (Å²) in [7, 11) is 0. The molecule has 2 atom stereocenters. The summed E-state index contributed by atoms with van der Waals surface area (Å²) >= 11 is 1.19. The van der Waals surface area contributed by atoms with Crippen LogP contribution in [0.2, 0.25) is 0 Å². The highest BCUT2D eigenvalue weighted by molar-refractivity contribution is 7.99. The zero-order chi connectivity index (χ0) is 21.2. The molecule has 2 unspecified atom stereocenters. The molecule has 0 radical (unpaired) electrons. The van der Waals surface area contributed by atoms with Crippen molar-refractivity contribution in [3.63, 3.8) is 0 Å². The fourth-order valence-electron chi connectivity index (χ4n) is 3.79. The molecule has 0 bridgehead atoms. The van der Waals surface area contributed by atoms with Gasteiger partial charge in [-0.2, -0.15) is 5.10 Å². The number of rotatable bonds is 7. The molecular weight excluding hydrogens is 422 g/mol. The number of hydrogen-bond acceptors (Lipinski definition) is 8. The molecule has 0 spiro atoms. The maximum Gasteiger partial charge on any atom is 0.344 e. The number of H-pyrrole nitrogens is 1. The van der Waals surface area contributed by atoms with Crippen molar-refractivity contribution in [1.29, 1.82) is 0 Å². The number of furan rings is 2. The summed E-state index contributed by atoms with van der Waals surface area (Å²) in [5.74, 6) is 1.13. The molecule has 162 valence electrons. The van der Waals surface area contributed by atoms with Gasteiger partial charge in [-0.3, -0.25) is 9.36 Å². The van der Waals surface area contributed by atoms with Crippen molar-refractivity contribution in [3.8, 4) is 0 Å². The van der Waals surface area contributed by atoms with Gasteiger partial charge in [0.25, 0.3) is 5.91 Å². The first-order valence-corrected chi connectivity index (χ1v) is 11.0. The number of nitrogens with zero attached hydrogens (tertiary/aromatic N) is 4. The van der Waals surface area contributed by atoms with Gasteiger partial charge < -0.3 is 13.6 Å². The normalized spacial score (nSPS) is 21.0. The third-order valence-corrected chi connectivity index (χ3v) is 6.26. The van der Waals surface area contributed by atoms with Crippen molar-refractivity contribution >= 4 is 23.4 Å². The fourth-order valence-corrected chi connectivity index (χ4v) is 4.60. The Morgan fingerprint density at radius 1 is 1.26 bits per heavy atom. The van der Waals surface area contributed by atoms with Gasteiger partial charge in [-0.25, -0.2) is 14.9 Å². The minimum Gasteiger partial charge on any atom is -0.467 e. The number of nitrogens with one attached hydrogen (secondary N) is 1. The number of thioether (sulfide) groups is 1. The number of carbonyl (C=O) groups excluding carboxylic acids is 1. The standard InChI is InChI=1S/C20H21N5O5S/c26-18(12-31-20-22-21-19(27)24(20)11-13-4-1-7-28-13)25-15(17-6-3-9-30-17)10-14(23-25)16-5-2-8-29-16/h2-3,5-6,8-9,13,15H,1,4,7,10-12H2,(H,21,27). The van der Waals surface area contributed by atoms with Gasteiger partial charge in [-0.1, -0.05) is 11.8 Å². The first-order chi connectivity index (χ1) is 15.2. The molecule has 2 aliphatic heterocycles. The van der Waals surface area contributed by atoms with Crippen LogP contribution in [-0.4, -0.2) is 49.9 Å². The van der Waals surface area contributed by atoms with E-state index >= 15 is 0 Å². The zero-order valence-electron chi connectivity index (χ0n) is 16.6. The van der Waals surface area contributed by atoms with E-state index in [0.717, 1.165) is 12.8 Å². The molecule has 0 saturated carbocycles. The minimum atomic E-state index is -0.350. The molecule has 1 amide bonds. The van der Waals surface area contributed by atoms with Crippen molar-refractivity contribution in [1.82, 2.24) is 19.8 Å². The van der Waals surface area contributed by atoms with Crippen molar-refractivity contribution in [2.75, 3.05) is 12.4 Å². The van der Waals surface area contributed by atoms with Crippen LogP contribution in [0.4, 0.5) is 0 Å². The van der Waals surface area contributed by atoms with E-state index in [2.05, 4.69) is 15.3 Å². The summed E-state index contributed by atoms with van der Waals surface area (Å²) in [6.07, 6.45) is 5.52. The average molecular weight is 443 g/mol. The summed E-state index contributed by atoms with van der Waals surface area (Å²) < 4.78 is 18.1. The summed E-state index contributed by atoms with van der Waals surface area (Å²) in [4.78, 5) is 25.2. The Balaban J connectivity index is 1.31. The number of hydrazone groups is 1. The Hall–Kier alpha value is -3.05. The van der Waals surface area contributed by atoms with E-state index in [4.69, 9.17) is 13.6 Å². The van der Waals surface area contributed by atoms with Gasteiger partial charge in [0.2, 0.25) is 0 Å². The molecule has 3 aromatic rings. The van der Waals surface area contributed by atoms with E-state index in [0.29, 0.717) is 42.0 Å². The maximum atomic E-state index is 13.1. The van der Waals surface area contributed by atoms with Crippen molar-refractivity contribution < 1.29 is 18.4 Å². The van der Waals surface area contributed by atoms with Gasteiger partial charge in [-0.15, -0.1) is 5.10 Å². The van der Waals surface area contributed by atoms with E-state index in [1.165, 1.54) is 21.3 Å². The van der Waals surface area contributed by atoms with Gasteiger partial charge in [-0.05, 0) is 37.1 Å². The Kier molecular flexibility index (Phi) is 5.51. The van der Waals surface area contributed by atoms with Crippen LogP contribution in [0.5, 0.6) is 0 Å². The third-order valence-electron chi connectivity index (χ3n) is 5.30. The molecule has 5 rings (SSSR count). The van der Waals surface area contributed by atoms with Gasteiger partial charge in [0, 0.05) is 13.0 Å². The predicted octanol–water partition coefficient (Wildman–Crippen LogP) is 2.41. The molecule has 31 heavy (non-hydrogen) atoms. The largest absolute Gasteiger partial charge is 0.467 e. The molecule has 3 aromatic heterocycles. The van der Waals surface area contributed by atoms with Crippen LogP contribution in [0, 0.1) is 0 Å². The van der Waals surface area contributed by atoms with Crippen molar-refractivity contribution in [2.24, 2.45) is 5.10 Å². The van der Waals surface area contributed by atoms with Gasteiger partial charge in [0.05, 0.1) is 30.9 Å². The van der Waals surface area contributed by atoms with Gasteiger partial charge in [0.15, 0.2) is 5.16 Å². The summed E-state index contributed by atoms with van der Waals surface area (Å²) in [6, 6.07) is 6.85. The lowest BCUT2D eigenvalue weighted by Gasteiger charge is -2.19. The van der Waals surface area contributed by atoms with Crippen LogP contribution in [-0.2, 0) is 16.1 Å². The molecule has 5 heterocycles. The first kappa shape index (κ1) is 19.9. The Morgan fingerprint density at radius 3 is 2.87 bits per heavy atom. The Labute approximate surface area is 181 Å². The van der Waals surface area contributed by atoms with E-state index in [9.17, 15) is 9.59 Å². The number of hydrogen-bond donors (Lipinski definition) is 1. The third kappa shape index (κ3) is 4.10. The molecule has 10 nitrogen and oxygen atoms in total. The number of aromatic nitrogens is 3. The number of aromatic amines is 1. The zero-order valence-corrected chi connectivity index (χ0v) is 17.4. The second-order valence-corrected chi connectivity index (χ2v) is 8.29. The van der Waals surface area contributed by atoms with E-state index < -0.39 is 0 Å². The number of carbonyl (C=O) groups is 1. The molecule has 11 heteroatoms. The van der Waals surface area contributed by atoms with E-state index in [-0.39, 0.29) is 29.5 Å². The van der Waals surface area contributed by atoms with Crippen LogP contribution in [0.1, 0.15) is 36.8 Å². The van der Waals surface area contributed by atoms with E-state index in [1.54, 1.807) is 24.7 Å². The quantitative estimate of drug-likeness (QED) is 0.557. The van der Waals surface area contributed by atoms with Crippen LogP contribution >= 0.6 is 11.8 Å². The summed E-state index contributed by atoms with van der Waals surface area (Å²) in [5.41, 5.74) is 0.373. The monoisotopic (exact) mass is 443 g/mol. The van der Waals surface area contributed by atoms with Crippen molar-refractivity contribution in [3.05, 3.63) is 58.8 Å². The highest BCUT2D eigenvalue weighted by Gasteiger charge is 2.35. The molecule has 1 N–H and O–H groups in total. The minimum absolute atomic E-state index is 0.00674. The molecule has 0 aliphatic carbocycles. The lowest BCUT2D eigenvalue weighted by molar-refractivity contribution is -0.130. The number of ether oxygens (including phenoxy) is 1. The highest BCUT2D eigenvalue weighted by atomic mass is 32.2. The fraction of sp³-hybridized carbons (Fsp3) is 0.400. The SMILES string of the molecule is O=C(CSc1n[nH]c(=O)n1CC1CCCO1)N1N=C(c2ccco2)CC1c1ccco1. The average Bonchev–Trinajstić information content (AvgIpc) is 3.59. The van der Waals surface area contributed by atoms with Crippen LogP contribution in [0.3, 0.4) is 0 Å². The van der Waals surface area contributed by atoms with Crippen LogP contribution in [0.15, 0.2) is 60.7 Å². The van der Waals surface area contributed by atoms with E-state index in [1.807, 2.05) is 12.1 Å². The molecule has 0 aromatic carbocycles. The maximum absolute atomic E-state index is 13.1. The van der Waals surface area contributed by atoms with Gasteiger partial charge in [0.1, 0.15) is 23.3 Å². The van der Waals surface area contributed by atoms with Crippen molar-refractivity contribution in [2.45, 2.75) is 43.1 Å². The smallest absolute Gasteiger partial charge is 0.344 e. The highest BCUT2D eigenvalue weighted by Crippen LogP contribution is 2.34. The predicted molar refractivity (Wildman–Crippen MR) is 111 cm³/mol. The van der Waals surface area contributed by atoms with Crippen LogP contribution in [0.25, 0.3) is 0 Å². The second kappa shape index (κ2) is 8.60. The topological polar surface area (TPSA) is 119 Å². The number of amides is 1. The molecule has 1 saturated heterocycles. The lowest BCUT2D eigenvalue weighted by Crippen LogP contribution is -2.29. The molecular formula is C20H21N5O5S. The first-order valence-electron chi connectivity index (χ1n) is 10.1. The Bertz CT molecular complexity index is 1110. The molecule has 2 aliphatic rings. The van der Waals surface area contributed by atoms with Gasteiger partial charge >= 0.3 is 5.69 Å². The summed E-state index contributed by atoms with van der Waals surface area (Å²) in [5, 5.41) is 12.9. The Morgan fingerprint density at radius 2 is 2.13 bits per heavy atom.